The molecule has 0 radical (unpaired) electrons. The van der Waals surface area contributed by atoms with Crippen LogP contribution in [0.15, 0.2) is 54.9 Å². The minimum atomic E-state index is -0.280. The minimum absolute atomic E-state index is 0.271. The molecule has 29 heavy (non-hydrogen) atoms. The molecule has 0 aliphatic heterocycles. The van der Waals surface area contributed by atoms with Gasteiger partial charge in [0, 0.05) is 30.2 Å². The third kappa shape index (κ3) is 4.90. The highest BCUT2D eigenvalue weighted by Gasteiger charge is 2.11. The maximum atomic E-state index is 12.4. The van der Waals surface area contributed by atoms with Crippen molar-refractivity contribution in [3.8, 4) is 0 Å². The summed E-state index contributed by atoms with van der Waals surface area (Å²) in [4.78, 5) is 23.3. The first-order valence-electron chi connectivity index (χ1n) is 9.83. The van der Waals surface area contributed by atoms with Crippen LogP contribution in [-0.4, -0.2) is 29.0 Å². The molecule has 1 aromatic heterocycles. The summed E-state index contributed by atoms with van der Waals surface area (Å²) in [6.45, 7) is 10.3. The Bertz CT molecular complexity index is 981. The molecule has 3 aromatic rings. The van der Waals surface area contributed by atoms with E-state index >= 15 is 0 Å². The fourth-order valence-corrected chi connectivity index (χ4v) is 3.12. The summed E-state index contributed by atoms with van der Waals surface area (Å²) in [6, 6.07) is 13.9. The molecule has 0 fully saturated rings. The first-order chi connectivity index (χ1) is 14.0. The number of aromatic nitrogens is 2. The van der Waals surface area contributed by atoms with Gasteiger partial charge in [0.1, 0.15) is 11.5 Å². The molecule has 0 atom stereocenters. The molecular weight excluding hydrogens is 362 g/mol. The third-order valence-corrected chi connectivity index (χ3v) is 4.88. The van der Waals surface area contributed by atoms with Crippen molar-refractivity contribution in [2.24, 2.45) is 0 Å². The number of carbonyl (C=O) groups is 1. The molecule has 0 saturated carbocycles. The van der Waals surface area contributed by atoms with Crippen molar-refractivity contribution >= 4 is 28.8 Å². The van der Waals surface area contributed by atoms with Gasteiger partial charge in [-0.25, -0.2) is 9.97 Å². The number of hydrogen-bond acceptors (Lipinski definition) is 5. The molecule has 6 heteroatoms. The van der Waals surface area contributed by atoms with E-state index in [1.165, 1.54) is 11.9 Å². The predicted octanol–water partition coefficient (Wildman–Crippen LogP) is 4.94. The lowest BCUT2D eigenvalue weighted by Crippen LogP contribution is -2.21. The topological polar surface area (TPSA) is 70.2 Å². The fourth-order valence-electron chi connectivity index (χ4n) is 3.12. The van der Waals surface area contributed by atoms with Crippen LogP contribution in [0.2, 0.25) is 0 Å². The van der Waals surface area contributed by atoms with Crippen molar-refractivity contribution in [1.82, 2.24) is 9.97 Å². The van der Waals surface area contributed by atoms with Crippen LogP contribution in [0.5, 0.6) is 0 Å². The monoisotopic (exact) mass is 389 g/mol. The van der Waals surface area contributed by atoms with Crippen LogP contribution >= 0.6 is 0 Å². The lowest BCUT2D eigenvalue weighted by molar-refractivity contribution is 0.102. The second kappa shape index (κ2) is 9.19. The molecule has 0 spiro atoms. The molecule has 3 rings (SSSR count). The van der Waals surface area contributed by atoms with Crippen LogP contribution in [0.3, 0.4) is 0 Å². The van der Waals surface area contributed by atoms with Crippen molar-refractivity contribution < 1.29 is 4.79 Å². The molecule has 0 aliphatic rings. The number of benzene rings is 2. The second-order valence-corrected chi connectivity index (χ2v) is 6.85. The smallest absolute Gasteiger partial charge is 0.275 e. The van der Waals surface area contributed by atoms with Crippen LogP contribution in [0, 0.1) is 13.8 Å². The minimum Gasteiger partial charge on any atom is -0.372 e. The lowest BCUT2D eigenvalue weighted by atomic mass is 10.1. The Hall–Kier alpha value is -3.41. The normalized spacial score (nSPS) is 10.5. The number of nitrogens with zero attached hydrogens (tertiary/aromatic N) is 3. The largest absolute Gasteiger partial charge is 0.372 e. The van der Waals surface area contributed by atoms with E-state index in [0.717, 1.165) is 35.6 Å². The molecule has 0 unspecified atom stereocenters. The van der Waals surface area contributed by atoms with Crippen LogP contribution in [0.25, 0.3) is 0 Å². The number of anilines is 4. The van der Waals surface area contributed by atoms with Gasteiger partial charge < -0.3 is 15.5 Å². The van der Waals surface area contributed by atoms with Crippen molar-refractivity contribution in [2.75, 3.05) is 28.6 Å². The molecule has 150 valence electrons. The molecule has 6 nitrogen and oxygen atoms in total. The van der Waals surface area contributed by atoms with Crippen molar-refractivity contribution in [3.63, 3.8) is 0 Å². The molecular formula is C23H27N5O. The lowest BCUT2D eigenvalue weighted by Gasteiger charge is -2.22. The molecule has 2 N–H and O–H groups in total. The Morgan fingerprint density at radius 2 is 1.69 bits per heavy atom. The summed E-state index contributed by atoms with van der Waals surface area (Å²) in [5.74, 6) is 0.314. The molecule has 1 amide bonds. The zero-order chi connectivity index (χ0) is 20.8. The Kier molecular flexibility index (Phi) is 6.44. The number of amides is 1. The Morgan fingerprint density at radius 3 is 2.31 bits per heavy atom. The van der Waals surface area contributed by atoms with Crippen LogP contribution in [-0.2, 0) is 0 Å². The molecule has 0 bridgehead atoms. The molecule has 0 aliphatic carbocycles. The van der Waals surface area contributed by atoms with Crippen molar-refractivity contribution in [1.29, 1.82) is 0 Å². The van der Waals surface area contributed by atoms with Gasteiger partial charge in [-0.1, -0.05) is 18.2 Å². The van der Waals surface area contributed by atoms with Gasteiger partial charge in [0.25, 0.3) is 5.91 Å². The van der Waals surface area contributed by atoms with Gasteiger partial charge in [-0.15, -0.1) is 0 Å². The van der Waals surface area contributed by atoms with Crippen LogP contribution in [0.1, 0.15) is 35.5 Å². The van der Waals surface area contributed by atoms with Crippen LogP contribution < -0.4 is 15.5 Å². The number of hydrogen-bond donors (Lipinski definition) is 2. The van der Waals surface area contributed by atoms with E-state index in [2.05, 4.69) is 58.4 Å². The maximum absolute atomic E-state index is 12.4. The summed E-state index contributed by atoms with van der Waals surface area (Å²) in [7, 11) is 0. The van der Waals surface area contributed by atoms with Gasteiger partial charge in [0.2, 0.25) is 0 Å². The van der Waals surface area contributed by atoms with Crippen molar-refractivity contribution in [3.05, 3.63) is 71.7 Å². The average Bonchev–Trinajstić information content (AvgIpc) is 2.73. The fraction of sp³-hybridized carbons (Fsp3) is 0.261. The van der Waals surface area contributed by atoms with Gasteiger partial charge in [-0.2, -0.15) is 0 Å². The molecule has 0 saturated heterocycles. The molecule has 2 aromatic carbocycles. The Morgan fingerprint density at radius 1 is 0.931 bits per heavy atom. The highest BCUT2D eigenvalue weighted by molar-refractivity contribution is 6.03. The van der Waals surface area contributed by atoms with E-state index in [4.69, 9.17) is 0 Å². The summed E-state index contributed by atoms with van der Waals surface area (Å²) in [5.41, 5.74) is 5.32. The first kappa shape index (κ1) is 20.3. The predicted molar refractivity (Wildman–Crippen MR) is 119 cm³/mol. The Labute approximate surface area is 172 Å². The number of carbonyl (C=O) groups excluding carboxylic acids is 1. The SMILES string of the molecule is CCN(CC)c1ccc(Nc2cnc(C(=O)Nc3ccccc3C)cn2)c(C)c1. The van der Waals surface area contributed by atoms with Crippen molar-refractivity contribution in [2.45, 2.75) is 27.7 Å². The number of nitrogens with one attached hydrogen (secondary N) is 2. The number of para-hydroxylation sites is 1. The van der Waals surface area contributed by atoms with Gasteiger partial charge in [-0.3, -0.25) is 4.79 Å². The summed E-state index contributed by atoms with van der Waals surface area (Å²) >= 11 is 0. The number of aryl methyl sites for hydroxylation is 2. The highest BCUT2D eigenvalue weighted by Crippen LogP contribution is 2.24. The second-order valence-electron chi connectivity index (χ2n) is 6.85. The van der Waals surface area contributed by atoms with E-state index in [9.17, 15) is 4.79 Å². The van der Waals surface area contributed by atoms with E-state index in [1.807, 2.05) is 37.3 Å². The van der Waals surface area contributed by atoms with Gasteiger partial charge in [-0.05, 0) is 63.1 Å². The van der Waals surface area contributed by atoms with Gasteiger partial charge >= 0.3 is 0 Å². The first-order valence-corrected chi connectivity index (χ1v) is 9.83. The third-order valence-electron chi connectivity index (χ3n) is 4.88. The van der Waals surface area contributed by atoms with Gasteiger partial charge in [0.15, 0.2) is 0 Å². The zero-order valence-corrected chi connectivity index (χ0v) is 17.4. The van der Waals surface area contributed by atoms with Gasteiger partial charge in [0.05, 0.1) is 12.4 Å². The highest BCUT2D eigenvalue weighted by atomic mass is 16.1. The van der Waals surface area contributed by atoms with E-state index in [0.29, 0.717) is 5.82 Å². The average molecular weight is 390 g/mol. The standard InChI is InChI=1S/C23H27N5O/c1-5-28(6-2)18-11-12-20(17(4)13-18)26-22-15-24-21(14-25-22)23(29)27-19-10-8-7-9-16(19)3/h7-15H,5-6H2,1-4H3,(H,25,26)(H,27,29). The molecule has 1 heterocycles. The maximum Gasteiger partial charge on any atom is 0.275 e. The van der Waals surface area contributed by atoms with E-state index in [-0.39, 0.29) is 11.6 Å². The quantitative estimate of drug-likeness (QED) is 0.599. The van der Waals surface area contributed by atoms with E-state index in [1.54, 1.807) is 6.20 Å². The Balaban J connectivity index is 1.69. The summed E-state index contributed by atoms with van der Waals surface area (Å²) < 4.78 is 0. The number of rotatable bonds is 7. The summed E-state index contributed by atoms with van der Waals surface area (Å²) in [6.07, 6.45) is 3.06. The van der Waals surface area contributed by atoms with Crippen LogP contribution in [0.4, 0.5) is 22.9 Å². The van der Waals surface area contributed by atoms with E-state index < -0.39 is 0 Å². The zero-order valence-electron chi connectivity index (χ0n) is 17.4. The summed E-state index contributed by atoms with van der Waals surface area (Å²) in [5, 5.41) is 6.14.